The molecule has 0 spiro atoms. The quantitative estimate of drug-likeness (QED) is 0.795. The van der Waals surface area contributed by atoms with E-state index in [9.17, 15) is 0 Å². The number of nitrogens with zero attached hydrogens (tertiary/aromatic N) is 1. The Kier molecular flexibility index (Phi) is 3.55. The Balaban J connectivity index is 1.71. The molecule has 106 valence electrons. The average Bonchev–Trinajstić information content (AvgIpc) is 2.80. The van der Waals surface area contributed by atoms with Gasteiger partial charge in [0.1, 0.15) is 0 Å². The molecule has 1 aromatic heterocycles. The highest BCUT2D eigenvalue weighted by molar-refractivity contribution is 7.22. The van der Waals surface area contributed by atoms with Crippen LogP contribution in [0.25, 0.3) is 10.2 Å². The zero-order valence-corrected chi connectivity index (χ0v) is 13.3. The van der Waals surface area contributed by atoms with Gasteiger partial charge in [-0.3, -0.25) is 0 Å². The van der Waals surface area contributed by atoms with Crippen LogP contribution in [0.15, 0.2) is 36.0 Å². The molecule has 1 unspecified atom stereocenters. The second kappa shape index (κ2) is 5.21. The fourth-order valence-electron chi connectivity index (χ4n) is 2.80. The summed E-state index contributed by atoms with van der Waals surface area (Å²) in [5, 5.41) is 4.53. The molecule has 3 heteroatoms. The van der Waals surface area contributed by atoms with Crippen LogP contribution < -0.4 is 5.32 Å². The smallest absolute Gasteiger partial charge is 0.188 e. The van der Waals surface area contributed by atoms with Gasteiger partial charge in [0.25, 0.3) is 0 Å². The second-order valence-electron chi connectivity index (χ2n) is 6.68. The molecule has 0 saturated carbocycles. The summed E-state index contributed by atoms with van der Waals surface area (Å²) in [6.07, 6.45) is 5.95. The highest BCUT2D eigenvalue weighted by Gasteiger charge is 2.26. The number of para-hydroxylation sites is 1. The Morgan fingerprint density at radius 2 is 2.05 bits per heavy atom. The Morgan fingerprint density at radius 1 is 1.25 bits per heavy atom. The number of aromatic nitrogens is 1. The summed E-state index contributed by atoms with van der Waals surface area (Å²) in [6, 6.07) is 8.31. The number of allylic oxidation sites excluding steroid dienone is 2. The molecule has 3 rings (SSSR count). The molecule has 1 atom stereocenters. The third-order valence-electron chi connectivity index (χ3n) is 4.20. The van der Waals surface area contributed by atoms with Gasteiger partial charge in [-0.15, -0.1) is 0 Å². The van der Waals surface area contributed by atoms with Crippen LogP contribution >= 0.6 is 11.3 Å². The highest BCUT2D eigenvalue weighted by Crippen LogP contribution is 2.37. The van der Waals surface area contributed by atoms with E-state index in [0.29, 0.717) is 5.41 Å². The molecular weight excluding hydrogens is 264 g/mol. The number of hydrogen-bond donors (Lipinski definition) is 1. The van der Waals surface area contributed by atoms with Crippen molar-refractivity contribution in [3.63, 3.8) is 0 Å². The fraction of sp³-hybridized carbons (Fsp3) is 0.471. The average molecular weight is 286 g/mol. The van der Waals surface area contributed by atoms with E-state index in [4.69, 9.17) is 0 Å². The first kappa shape index (κ1) is 13.6. The van der Waals surface area contributed by atoms with Crippen LogP contribution in [0.3, 0.4) is 0 Å². The molecule has 0 bridgehead atoms. The van der Waals surface area contributed by atoms with E-state index in [-0.39, 0.29) is 0 Å². The van der Waals surface area contributed by atoms with Crippen molar-refractivity contribution < 1.29 is 0 Å². The Bertz CT molecular complexity index is 601. The van der Waals surface area contributed by atoms with Gasteiger partial charge in [0.15, 0.2) is 5.13 Å². The normalized spacial score (nSPS) is 19.9. The minimum absolute atomic E-state index is 0.415. The van der Waals surface area contributed by atoms with Gasteiger partial charge < -0.3 is 5.32 Å². The lowest BCUT2D eigenvalue weighted by molar-refractivity contribution is 0.221. The number of anilines is 1. The first-order chi connectivity index (χ1) is 9.52. The maximum absolute atomic E-state index is 4.64. The molecule has 2 nitrogen and oxygen atoms in total. The van der Waals surface area contributed by atoms with Crippen molar-refractivity contribution in [3.8, 4) is 0 Å². The van der Waals surface area contributed by atoms with Gasteiger partial charge >= 0.3 is 0 Å². The van der Waals surface area contributed by atoms with Gasteiger partial charge in [0.05, 0.1) is 10.2 Å². The number of rotatable bonds is 2. The van der Waals surface area contributed by atoms with E-state index >= 15 is 0 Å². The summed E-state index contributed by atoms with van der Waals surface area (Å²) in [7, 11) is 0. The first-order valence-corrected chi connectivity index (χ1v) is 8.15. The van der Waals surface area contributed by atoms with Crippen LogP contribution in [0.1, 0.15) is 40.0 Å². The maximum atomic E-state index is 4.64. The molecule has 1 aromatic carbocycles. The monoisotopic (exact) mass is 286 g/mol. The van der Waals surface area contributed by atoms with Crippen molar-refractivity contribution in [2.24, 2.45) is 11.3 Å². The molecule has 0 fully saturated rings. The van der Waals surface area contributed by atoms with Crippen LogP contribution in [-0.2, 0) is 0 Å². The third-order valence-corrected chi connectivity index (χ3v) is 5.15. The number of thiazole rings is 1. The van der Waals surface area contributed by atoms with Gasteiger partial charge in [-0.2, -0.15) is 0 Å². The summed E-state index contributed by atoms with van der Waals surface area (Å²) < 4.78 is 1.25. The summed E-state index contributed by atoms with van der Waals surface area (Å²) in [5.41, 5.74) is 2.84. The molecule has 0 saturated heterocycles. The number of benzene rings is 1. The minimum atomic E-state index is 0.415. The third kappa shape index (κ3) is 2.88. The van der Waals surface area contributed by atoms with Crippen LogP contribution in [0.5, 0.6) is 0 Å². The van der Waals surface area contributed by atoms with E-state index in [1.807, 2.05) is 6.07 Å². The zero-order chi connectivity index (χ0) is 14.2. The van der Waals surface area contributed by atoms with Gasteiger partial charge in [-0.1, -0.05) is 50.3 Å². The molecule has 0 aliphatic heterocycles. The van der Waals surface area contributed by atoms with E-state index in [0.717, 1.165) is 23.0 Å². The van der Waals surface area contributed by atoms with Crippen molar-refractivity contribution in [3.05, 3.63) is 36.0 Å². The summed E-state index contributed by atoms with van der Waals surface area (Å²) >= 11 is 1.73. The topological polar surface area (TPSA) is 24.9 Å². The predicted molar refractivity (Wildman–Crippen MR) is 88.1 cm³/mol. The van der Waals surface area contributed by atoms with Gasteiger partial charge in [0, 0.05) is 5.70 Å². The number of nitrogens with one attached hydrogen (secondary N) is 1. The standard InChI is InChI=1S/C17H22N2S/c1-17(2,3)12-8-10-13(11-9-12)18-16-19-14-6-4-5-7-15(14)20-16/h4-7,10,12H,8-9,11H2,1-3H3,(H,18,19). The summed E-state index contributed by atoms with van der Waals surface area (Å²) in [5.74, 6) is 0.795. The number of fused-ring (bicyclic) bond motifs is 1. The Labute approximate surface area is 124 Å². The fourth-order valence-corrected chi connectivity index (χ4v) is 3.70. The zero-order valence-electron chi connectivity index (χ0n) is 12.4. The molecular formula is C17H22N2S. The van der Waals surface area contributed by atoms with Crippen LogP contribution in [0.4, 0.5) is 5.13 Å². The van der Waals surface area contributed by atoms with Crippen LogP contribution in [0, 0.1) is 11.3 Å². The van der Waals surface area contributed by atoms with Crippen LogP contribution in [-0.4, -0.2) is 4.98 Å². The van der Waals surface area contributed by atoms with Crippen molar-refractivity contribution in [1.82, 2.24) is 4.98 Å². The Morgan fingerprint density at radius 3 is 2.70 bits per heavy atom. The molecule has 1 aliphatic carbocycles. The molecule has 2 aromatic rings. The lowest BCUT2D eigenvalue weighted by Crippen LogP contribution is -2.23. The van der Waals surface area contributed by atoms with Crippen molar-refractivity contribution in [2.75, 3.05) is 5.32 Å². The molecule has 1 heterocycles. The molecule has 1 aliphatic rings. The summed E-state index contributed by atoms with van der Waals surface area (Å²) in [4.78, 5) is 4.64. The number of hydrogen-bond acceptors (Lipinski definition) is 3. The molecule has 20 heavy (non-hydrogen) atoms. The predicted octanol–water partition coefficient (Wildman–Crippen LogP) is 5.44. The Hall–Kier alpha value is -1.35. The van der Waals surface area contributed by atoms with Gasteiger partial charge in [-0.25, -0.2) is 4.98 Å². The lowest BCUT2D eigenvalue weighted by atomic mass is 9.74. The van der Waals surface area contributed by atoms with E-state index < -0.39 is 0 Å². The first-order valence-electron chi connectivity index (χ1n) is 7.34. The van der Waals surface area contributed by atoms with Gasteiger partial charge in [-0.05, 0) is 42.7 Å². The lowest BCUT2D eigenvalue weighted by Gasteiger charge is -2.33. The second-order valence-corrected chi connectivity index (χ2v) is 7.71. The maximum Gasteiger partial charge on any atom is 0.188 e. The highest BCUT2D eigenvalue weighted by atomic mass is 32.1. The van der Waals surface area contributed by atoms with Crippen molar-refractivity contribution >= 4 is 26.7 Å². The largest absolute Gasteiger partial charge is 0.336 e. The minimum Gasteiger partial charge on any atom is -0.336 e. The SMILES string of the molecule is CC(C)(C)C1CC=C(Nc2nc3ccccc3s2)CC1. The molecule has 0 radical (unpaired) electrons. The molecule has 0 amide bonds. The van der Waals surface area contributed by atoms with E-state index in [1.54, 1.807) is 11.3 Å². The summed E-state index contributed by atoms with van der Waals surface area (Å²) in [6.45, 7) is 7.03. The van der Waals surface area contributed by atoms with Gasteiger partial charge in [0.2, 0.25) is 0 Å². The van der Waals surface area contributed by atoms with Crippen molar-refractivity contribution in [2.45, 2.75) is 40.0 Å². The van der Waals surface area contributed by atoms with E-state index in [1.165, 1.54) is 23.2 Å². The van der Waals surface area contributed by atoms with Crippen molar-refractivity contribution in [1.29, 1.82) is 0 Å². The van der Waals surface area contributed by atoms with Crippen LogP contribution in [0.2, 0.25) is 0 Å². The molecule has 1 N–H and O–H groups in total. The van der Waals surface area contributed by atoms with E-state index in [2.05, 4.69) is 55.3 Å².